The summed E-state index contributed by atoms with van der Waals surface area (Å²) >= 11 is 0. The van der Waals surface area contributed by atoms with Gasteiger partial charge in [-0.3, -0.25) is 0 Å². The van der Waals surface area contributed by atoms with Gasteiger partial charge in [0.2, 0.25) is 0 Å². The highest BCUT2D eigenvalue weighted by Gasteiger charge is 2.31. The van der Waals surface area contributed by atoms with Crippen LogP contribution in [0.5, 0.6) is 5.75 Å². The Hall–Kier alpha value is -1.55. The fourth-order valence-corrected chi connectivity index (χ4v) is 2.48. The molecule has 0 bridgehead atoms. The summed E-state index contributed by atoms with van der Waals surface area (Å²) in [5.41, 5.74) is 5.98. The maximum atomic E-state index is 11.9. The third-order valence-corrected chi connectivity index (χ3v) is 3.64. The van der Waals surface area contributed by atoms with Crippen LogP contribution < -0.4 is 10.5 Å². The summed E-state index contributed by atoms with van der Waals surface area (Å²) < 4.78 is 10.8. The molecule has 0 aromatic heterocycles. The predicted molar refractivity (Wildman–Crippen MR) is 89.1 cm³/mol. The molecule has 4 heteroatoms. The maximum Gasteiger partial charge on any atom is 0.349 e. The Morgan fingerprint density at radius 3 is 2.32 bits per heavy atom. The lowest BCUT2D eigenvalue weighted by atomic mass is 9.91. The number of esters is 1. The van der Waals surface area contributed by atoms with E-state index in [1.807, 2.05) is 12.1 Å². The minimum atomic E-state index is -0.988. The van der Waals surface area contributed by atoms with E-state index in [0.717, 1.165) is 19.3 Å². The zero-order valence-corrected chi connectivity index (χ0v) is 14.2. The molecule has 0 amide bonds. The van der Waals surface area contributed by atoms with Crippen molar-refractivity contribution in [1.82, 2.24) is 0 Å². The standard InChI is InChI=1S/C18H29NO3/c1-5-7-14(12-13-19)15-8-10-16(11-9-15)22-18(3,4)17(20)21-6-2/h8-11,14H,5-7,12-13,19H2,1-4H3. The van der Waals surface area contributed by atoms with Gasteiger partial charge in [-0.25, -0.2) is 4.79 Å². The Morgan fingerprint density at radius 2 is 1.82 bits per heavy atom. The zero-order chi connectivity index (χ0) is 16.6. The van der Waals surface area contributed by atoms with Crippen LogP contribution in [0.25, 0.3) is 0 Å². The lowest BCUT2D eigenvalue weighted by Gasteiger charge is -2.24. The molecule has 0 saturated heterocycles. The fourth-order valence-electron chi connectivity index (χ4n) is 2.48. The molecule has 0 fully saturated rings. The molecule has 0 spiro atoms. The van der Waals surface area contributed by atoms with Crippen molar-refractivity contribution in [2.24, 2.45) is 5.73 Å². The van der Waals surface area contributed by atoms with Crippen molar-refractivity contribution in [3.63, 3.8) is 0 Å². The normalized spacial score (nSPS) is 12.8. The molecule has 0 heterocycles. The predicted octanol–water partition coefficient (Wildman–Crippen LogP) is 3.64. The summed E-state index contributed by atoms with van der Waals surface area (Å²) in [6, 6.07) is 7.95. The quantitative estimate of drug-likeness (QED) is 0.708. The van der Waals surface area contributed by atoms with Crippen LogP contribution in [0.15, 0.2) is 24.3 Å². The van der Waals surface area contributed by atoms with Gasteiger partial charge in [-0.2, -0.15) is 0 Å². The molecular weight excluding hydrogens is 278 g/mol. The van der Waals surface area contributed by atoms with Crippen LogP contribution in [0.1, 0.15) is 58.4 Å². The molecular formula is C18H29NO3. The van der Waals surface area contributed by atoms with Gasteiger partial charge in [0.05, 0.1) is 6.61 Å². The highest BCUT2D eigenvalue weighted by molar-refractivity contribution is 5.79. The largest absolute Gasteiger partial charge is 0.476 e. The van der Waals surface area contributed by atoms with Crippen molar-refractivity contribution in [2.75, 3.05) is 13.2 Å². The van der Waals surface area contributed by atoms with E-state index in [0.29, 0.717) is 24.8 Å². The van der Waals surface area contributed by atoms with E-state index in [-0.39, 0.29) is 5.97 Å². The molecule has 124 valence electrons. The van der Waals surface area contributed by atoms with Gasteiger partial charge in [0.15, 0.2) is 5.60 Å². The minimum absolute atomic E-state index is 0.350. The van der Waals surface area contributed by atoms with Crippen molar-refractivity contribution in [3.8, 4) is 5.75 Å². The number of carbonyl (C=O) groups excluding carboxylic acids is 1. The third kappa shape index (κ3) is 5.34. The first-order valence-electron chi connectivity index (χ1n) is 8.10. The molecule has 0 radical (unpaired) electrons. The fraction of sp³-hybridized carbons (Fsp3) is 0.611. The number of carbonyl (C=O) groups is 1. The highest BCUT2D eigenvalue weighted by Crippen LogP contribution is 2.27. The van der Waals surface area contributed by atoms with E-state index in [2.05, 4.69) is 19.1 Å². The zero-order valence-electron chi connectivity index (χ0n) is 14.2. The molecule has 0 aliphatic carbocycles. The number of hydrogen-bond donors (Lipinski definition) is 1. The Balaban J connectivity index is 2.77. The monoisotopic (exact) mass is 307 g/mol. The summed E-state index contributed by atoms with van der Waals surface area (Å²) in [5, 5.41) is 0. The number of hydrogen-bond acceptors (Lipinski definition) is 4. The SMILES string of the molecule is CCCC(CCN)c1ccc(OC(C)(C)C(=O)OCC)cc1. The molecule has 1 atom stereocenters. The van der Waals surface area contributed by atoms with E-state index >= 15 is 0 Å². The van der Waals surface area contributed by atoms with E-state index in [1.165, 1.54) is 5.56 Å². The second kappa shape index (κ2) is 8.79. The summed E-state index contributed by atoms with van der Waals surface area (Å²) in [7, 11) is 0. The maximum absolute atomic E-state index is 11.9. The first kappa shape index (κ1) is 18.5. The molecule has 2 N–H and O–H groups in total. The molecule has 1 rings (SSSR count). The van der Waals surface area contributed by atoms with Crippen LogP contribution >= 0.6 is 0 Å². The van der Waals surface area contributed by atoms with Crippen LogP contribution in [0.2, 0.25) is 0 Å². The summed E-state index contributed by atoms with van der Waals surface area (Å²) in [6.45, 7) is 8.44. The number of rotatable bonds is 9. The van der Waals surface area contributed by atoms with E-state index in [4.69, 9.17) is 15.2 Å². The Bertz CT molecular complexity index is 448. The molecule has 1 aromatic rings. The first-order valence-corrected chi connectivity index (χ1v) is 8.10. The Morgan fingerprint density at radius 1 is 1.18 bits per heavy atom. The topological polar surface area (TPSA) is 61.5 Å². The second-order valence-electron chi connectivity index (χ2n) is 5.96. The summed E-state index contributed by atoms with van der Waals surface area (Å²) in [6.07, 6.45) is 3.26. The van der Waals surface area contributed by atoms with Crippen molar-refractivity contribution in [2.45, 2.75) is 58.5 Å². The van der Waals surface area contributed by atoms with Gasteiger partial charge in [-0.1, -0.05) is 25.5 Å². The molecule has 1 unspecified atom stereocenters. The smallest absolute Gasteiger partial charge is 0.349 e. The van der Waals surface area contributed by atoms with Gasteiger partial charge in [0.25, 0.3) is 0 Å². The van der Waals surface area contributed by atoms with Gasteiger partial charge in [0.1, 0.15) is 5.75 Å². The van der Waals surface area contributed by atoms with Gasteiger partial charge >= 0.3 is 5.97 Å². The van der Waals surface area contributed by atoms with Crippen LogP contribution in [-0.4, -0.2) is 24.7 Å². The summed E-state index contributed by atoms with van der Waals surface area (Å²) in [5.74, 6) is 0.804. The average molecular weight is 307 g/mol. The van der Waals surface area contributed by atoms with Crippen molar-refractivity contribution in [3.05, 3.63) is 29.8 Å². The molecule has 0 saturated carbocycles. The van der Waals surface area contributed by atoms with Crippen LogP contribution in [0, 0.1) is 0 Å². The number of nitrogens with two attached hydrogens (primary N) is 1. The van der Waals surface area contributed by atoms with Crippen LogP contribution in [0.3, 0.4) is 0 Å². The van der Waals surface area contributed by atoms with Gasteiger partial charge in [0, 0.05) is 0 Å². The van der Waals surface area contributed by atoms with E-state index in [9.17, 15) is 4.79 Å². The third-order valence-electron chi connectivity index (χ3n) is 3.64. The van der Waals surface area contributed by atoms with Gasteiger partial charge < -0.3 is 15.2 Å². The van der Waals surface area contributed by atoms with Crippen LogP contribution in [0.4, 0.5) is 0 Å². The molecule has 22 heavy (non-hydrogen) atoms. The second-order valence-corrected chi connectivity index (χ2v) is 5.96. The van der Waals surface area contributed by atoms with Crippen LogP contribution in [-0.2, 0) is 9.53 Å². The molecule has 1 aromatic carbocycles. The Kier molecular flexibility index (Phi) is 7.39. The van der Waals surface area contributed by atoms with E-state index < -0.39 is 5.60 Å². The lowest BCUT2D eigenvalue weighted by molar-refractivity contribution is -0.158. The highest BCUT2D eigenvalue weighted by atomic mass is 16.6. The van der Waals surface area contributed by atoms with Gasteiger partial charge in [-0.15, -0.1) is 0 Å². The Labute approximate surface area is 134 Å². The lowest BCUT2D eigenvalue weighted by Crippen LogP contribution is -2.39. The van der Waals surface area contributed by atoms with Crippen molar-refractivity contribution < 1.29 is 14.3 Å². The van der Waals surface area contributed by atoms with Crippen molar-refractivity contribution in [1.29, 1.82) is 0 Å². The van der Waals surface area contributed by atoms with E-state index in [1.54, 1.807) is 20.8 Å². The number of ether oxygens (including phenoxy) is 2. The molecule has 0 aliphatic heterocycles. The minimum Gasteiger partial charge on any atom is -0.476 e. The molecule has 0 aliphatic rings. The molecule has 4 nitrogen and oxygen atoms in total. The van der Waals surface area contributed by atoms with Gasteiger partial charge in [-0.05, 0) is 63.8 Å². The average Bonchev–Trinajstić information content (AvgIpc) is 2.48. The first-order chi connectivity index (χ1) is 10.4. The summed E-state index contributed by atoms with van der Waals surface area (Å²) in [4.78, 5) is 11.9. The number of benzene rings is 1. The van der Waals surface area contributed by atoms with Crippen molar-refractivity contribution >= 4 is 5.97 Å².